The van der Waals surface area contributed by atoms with E-state index in [-0.39, 0.29) is 56.9 Å². The Kier molecular flexibility index (Phi) is 15.7. The van der Waals surface area contributed by atoms with Gasteiger partial charge in [-0.25, -0.2) is 4.79 Å². The lowest BCUT2D eigenvalue weighted by atomic mass is 10.0. The molecule has 0 bridgehead atoms. The second-order valence-electron chi connectivity index (χ2n) is 9.14. The van der Waals surface area contributed by atoms with Crippen LogP contribution in [0.15, 0.2) is 4.99 Å². The fourth-order valence-corrected chi connectivity index (χ4v) is 3.25. The number of carbonyl (C=O) groups is 6. The van der Waals surface area contributed by atoms with E-state index >= 15 is 0 Å². The first-order chi connectivity index (χ1) is 17.6. The minimum Gasteiger partial charge on any atom is -0.481 e. The van der Waals surface area contributed by atoms with Gasteiger partial charge in [-0.2, -0.15) is 0 Å². The standard InChI is InChI=1S/C22H40N8O8/c1-11(2)10-15(20(36)29-14(21(37)38)4-3-9-27-22(25)26)30-19(35)13(6-8-17(32)33)28-18(34)12(23)5-7-16(24)31/h11-15H,3-10,23H2,1-2H3,(H2,24,31)(H,28,34)(H,29,36)(H,30,35)(H,32,33)(H,37,38)(H4,25,26,27). The summed E-state index contributed by atoms with van der Waals surface area (Å²) in [5.74, 6) is -5.90. The molecule has 4 atom stereocenters. The van der Waals surface area contributed by atoms with Crippen molar-refractivity contribution < 1.29 is 39.0 Å². The molecule has 0 radical (unpaired) electrons. The Morgan fingerprint density at radius 1 is 0.763 bits per heavy atom. The van der Waals surface area contributed by atoms with E-state index in [1.165, 1.54) is 0 Å². The van der Waals surface area contributed by atoms with Gasteiger partial charge in [-0.3, -0.25) is 29.0 Å². The van der Waals surface area contributed by atoms with E-state index in [4.69, 9.17) is 28.0 Å². The van der Waals surface area contributed by atoms with Crippen LogP contribution >= 0.6 is 0 Å². The lowest BCUT2D eigenvalue weighted by molar-refractivity contribution is -0.142. The quantitative estimate of drug-likeness (QED) is 0.0450. The number of nitrogens with zero attached hydrogens (tertiary/aromatic N) is 1. The largest absolute Gasteiger partial charge is 0.481 e. The smallest absolute Gasteiger partial charge is 0.326 e. The van der Waals surface area contributed by atoms with E-state index in [1.54, 1.807) is 13.8 Å². The first kappa shape index (κ1) is 34.0. The summed E-state index contributed by atoms with van der Waals surface area (Å²) in [6.45, 7) is 3.70. The molecular weight excluding hydrogens is 504 g/mol. The zero-order valence-corrected chi connectivity index (χ0v) is 21.6. The van der Waals surface area contributed by atoms with Gasteiger partial charge in [0.2, 0.25) is 23.6 Å². The minimum absolute atomic E-state index is 0.0146. The van der Waals surface area contributed by atoms with E-state index in [9.17, 15) is 33.9 Å². The highest BCUT2D eigenvalue weighted by Crippen LogP contribution is 2.09. The van der Waals surface area contributed by atoms with Crippen LogP contribution in [0.4, 0.5) is 0 Å². The molecule has 16 heteroatoms. The Balaban J connectivity index is 5.53. The van der Waals surface area contributed by atoms with E-state index < -0.39 is 66.2 Å². The molecule has 0 aliphatic rings. The maximum atomic E-state index is 13.0. The summed E-state index contributed by atoms with van der Waals surface area (Å²) in [5, 5.41) is 25.7. The zero-order valence-electron chi connectivity index (χ0n) is 21.6. The number of nitrogens with one attached hydrogen (secondary N) is 3. The van der Waals surface area contributed by atoms with Crippen molar-refractivity contribution in [1.29, 1.82) is 0 Å². The molecule has 0 saturated carbocycles. The molecule has 0 aromatic rings. The van der Waals surface area contributed by atoms with Crippen LogP contribution in [0.5, 0.6) is 0 Å². The van der Waals surface area contributed by atoms with Crippen LogP contribution in [0, 0.1) is 5.92 Å². The van der Waals surface area contributed by atoms with Gasteiger partial charge in [-0.15, -0.1) is 0 Å². The van der Waals surface area contributed by atoms with Crippen LogP contribution in [-0.2, 0) is 28.8 Å². The predicted molar refractivity (Wildman–Crippen MR) is 136 cm³/mol. The minimum atomic E-state index is -1.37. The van der Waals surface area contributed by atoms with E-state index in [1.807, 2.05) is 0 Å². The summed E-state index contributed by atoms with van der Waals surface area (Å²) >= 11 is 0. The molecule has 38 heavy (non-hydrogen) atoms. The van der Waals surface area contributed by atoms with Gasteiger partial charge >= 0.3 is 11.9 Å². The molecule has 0 rings (SSSR count). The number of guanidine groups is 1. The average Bonchev–Trinajstić information content (AvgIpc) is 2.80. The highest BCUT2D eigenvalue weighted by Gasteiger charge is 2.31. The number of carboxylic acid groups (broad SMARTS) is 2. The third-order valence-electron chi connectivity index (χ3n) is 5.22. The van der Waals surface area contributed by atoms with Crippen molar-refractivity contribution >= 4 is 41.5 Å². The molecule has 216 valence electrons. The van der Waals surface area contributed by atoms with Gasteiger partial charge in [0.1, 0.15) is 18.1 Å². The Labute approximate surface area is 220 Å². The predicted octanol–water partition coefficient (Wildman–Crippen LogP) is -2.92. The molecule has 0 heterocycles. The summed E-state index contributed by atoms with van der Waals surface area (Å²) in [5.41, 5.74) is 21.2. The number of carbonyl (C=O) groups excluding carboxylic acids is 4. The molecule has 0 saturated heterocycles. The van der Waals surface area contributed by atoms with Crippen molar-refractivity contribution in [3.05, 3.63) is 0 Å². The monoisotopic (exact) mass is 544 g/mol. The molecule has 16 nitrogen and oxygen atoms in total. The molecule has 0 fully saturated rings. The van der Waals surface area contributed by atoms with Gasteiger partial charge in [-0.05, 0) is 38.0 Å². The normalized spacial score (nSPS) is 13.9. The maximum absolute atomic E-state index is 13.0. The lowest BCUT2D eigenvalue weighted by Gasteiger charge is -2.26. The summed E-state index contributed by atoms with van der Waals surface area (Å²) in [4.78, 5) is 75.8. The number of nitrogens with two attached hydrogens (primary N) is 4. The molecular formula is C22H40N8O8. The van der Waals surface area contributed by atoms with Gasteiger partial charge in [0.25, 0.3) is 0 Å². The molecule has 0 spiro atoms. The summed E-state index contributed by atoms with van der Waals surface area (Å²) < 4.78 is 0. The van der Waals surface area contributed by atoms with Crippen molar-refractivity contribution in [1.82, 2.24) is 16.0 Å². The Bertz CT molecular complexity index is 875. The van der Waals surface area contributed by atoms with Crippen molar-refractivity contribution in [2.45, 2.75) is 83.0 Å². The third kappa shape index (κ3) is 15.2. The van der Waals surface area contributed by atoms with Gasteiger partial charge in [0.15, 0.2) is 5.96 Å². The zero-order chi connectivity index (χ0) is 29.4. The number of rotatable bonds is 19. The maximum Gasteiger partial charge on any atom is 0.326 e. The van der Waals surface area contributed by atoms with Crippen LogP contribution in [-0.4, -0.2) is 82.5 Å². The number of carboxylic acids is 2. The SMILES string of the molecule is CC(C)CC(NC(=O)C(CCC(=O)O)NC(=O)C(N)CCC(N)=O)C(=O)NC(CCCN=C(N)N)C(=O)O. The van der Waals surface area contributed by atoms with E-state index in [2.05, 4.69) is 20.9 Å². The molecule has 0 aliphatic carbocycles. The number of aliphatic carboxylic acids is 2. The Morgan fingerprint density at radius 3 is 1.82 bits per heavy atom. The van der Waals surface area contributed by atoms with Gasteiger partial charge in [0, 0.05) is 19.4 Å². The Hall–Kier alpha value is -3.95. The summed E-state index contributed by atoms with van der Waals surface area (Å²) in [6.07, 6.45) is -0.659. The van der Waals surface area contributed by atoms with E-state index in [0.29, 0.717) is 0 Å². The van der Waals surface area contributed by atoms with Crippen LogP contribution in [0.25, 0.3) is 0 Å². The van der Waals surface area contributed by atoms with Crippen LogP contribution in [0.2, 0.25) is 0 Å². The number of amides is 4. The van der Waals surface area contributed by atoms with Crippen LogP contribution < -0.4 is 38.9 Å². The fraction of sp³-hybridized carbons (Fsp3) is 0.682. The van der Waals surface area contributed by atoms with Crippen molar-refractivity contribution in [2.75, 3.05) is 6.54 Å². The van der Waals surface area contributed by atoms with Crippen molar-refractivity contribution in [3.8, 4) is 0 Å². The molecule has 0 aliphatic heterocycles. The third-order valence-corrected chi connectivity index (χ3v) is 5.22. The first-order valence-electron chi connectivity index (χ1n) is 12.1. The number of primary amides is 1. The average molecular weight is 545 g/mol. The highest BCUT2D eigenvalue weighted by atomic mass is 16.4. The molecule has 0 aromatic heterocycles. The lowest BCUT2D eigenvalue weighted by Crippen LogP contribution is -2.57. The second kappa shape index (κ2) is 17.5. The molecule has 13 N–H and O–H groups in total. The Morgan fingerprint density at radius 2 is 1.32 bits per heavy atom. The van der Waals surface area contributed by atoms with E-state index in [0.717, 1.165) is 0 Å². The van der Waals surface area contributed by atoms with Gasteiger partial charge in [0.05, 0.1) is 6.04 Å². The molecule has 4 unspecified atom stereocenters. The van der Waals surface area contributed by atoms with Crippen molar-refractivity contribution in [2.24, 2.45) is 33.8 Å². The van der Waals surface area contributed by atoms with Gasteiger partial charge in [-0.1, -0.05) is 13.8 Å². The topological polar surface area (TPSA) is 295 Å². The number of hydrogen-bond acceptors (Lipinski definition) is 8. The summed E-state index contributed by atoms with van der Waals surface area (Å²) in [6, 6.07) is -5.02. The van der Waals surface area contributed by atoms with Crippen molar-refractivity contribution in [3.63, 3.8) is 0 Å². The molecule has 0 aromatic carbocycles. The molecule has 4 amide bonds. The van der Waals surface area contributed by atoms with Gasteiger partial charge < -0.3 is 49.1 Å². The van der Waals surface area contributed by atoms with Crippen LogP contribution in [0.3, 0.4) is 0 Å². The summed E-state index contributed by atoms with van der Waals surface area (Å²) in [7, 11) is 0. The van der Waals surface area contributed by atoms with Crippen LogP contribution in [0.1, 0.15) is 58.8 Å². The first-order valence-corrected chi connectivity index (χ1v) is 12.1. The fourth-order valence-electron chi connectivity index (χ4n) is 3.25. The number of hydrogen-bond donors (Lipinski definition) is 9. The highest BCUT2D eigenvalue weighted by molar-refractivity contribution is 5.94. The number of aliphatic imine (C=N–C) groups is 1. The second-order valence-corrected chi connectivity index (χ2v) is 9.14.